The summed E-state index contributed by atoms with van der Waals surface area (Å²) in [6.07, 6.45) is -3.67. The molecule has 0 fully saturated rings. The Hall–Kier alpha value is -0.680. The fourth-order valence-electron chi connectivity index (χ4n) is 1.67. The molecule has 2 aromatic rings. The lowest BCUT2D eigenvalue weighted by Gasteiger charge is -2.16. The van der Waals surface area contributed by atoms with E-state index in [9.17, 15) is 13.2 Å². The van der Waals surface area contributed by atoms with Crippen LogP contribution in [0.25, 0.3) is 11.1 Å². The second kappa shape index (κ2) is 5.60. The number of alkyl halides is 3. The third-order valence-electron chi connectivity index (χ3n) is 2.50. The lowest BCUT2D eigenvalue weighted by atomic mass is 10.0. The molecule has 1 heterocycles. The van der Waals surface area contributed by atoms with E-state index in [1.165, 1.54) is 12.1 Å². The summed E-state index contributed by atoms with van der Waals surface area (Å²) in [6.45, 7) is 0. The SMILES string of the molecule is FC(F)(F)c1ccnc(Cl)c1-c1c(Cl)ccc(Cl)c1Cl. The van der Waals surface area contributed by atoms with Gasteiger partial charge in [0, 0.05) is 17.3 Å². The smallest absolute Gasteiger partial charge is 0.244 e. The predicted molar refractivity (Wildman–Crippen MR) is 74.7 cm³/mol. The molecule has 0 radical (unpaired) electrons. The van der Waals surface area contributed by atoms with E-state index in [1.807, 2.05) is 0 Å². The van der Waals surface area contributed by atoms with E-state index in [0.29, 0.717) is 0 Å². The normalized spacial score (nSPS) is 11.8. The number of hydrogen-bond donors (Lipinski definition) is 0. The molecule has 1 aromatic carbocycles. The minimum atomic E-state index is -4.63. The average molecular weight is 361 g/mol. The molecule has 2 rings (SSSR count). The highest BCUT2D eigenvalue weighted by Gasteiger charge is 2.36. The first-order valence-corrected chi connectivity index (χ1v) is 6.60. The Morgan fingerprint density at radius 1 is 0.850 bits per heavy atom. The summed E-state index contributed by atoms with van der Waals surface area (Å²) in [5.41, 5.74) is -1.46. The van der Waals surface area contributed by atoms with Gasteiger partial charge in [0.15, 0.2) is 0 Å². The summed E-state index contributed by atoms with van der Waals surface area (Å²) in [4.78, 5) is 3.65. The summed E-state index contributed by atoms with van der Waals surface area (Å²) in [5, 5.41) is -0.399. The molecular formula is C12H4Cl4F3N. The lowest BCUT2D eigenvalue weighted by Crippen LogP contribution is -2.08. The predicted octanol–water partition coefficient (Wildman–Crippen LogP) is 6.38. The summed E-state index contributed by atoms with van der Waals surface area (Å²) in [7, 11) is 0. The Morgan fingerprint density at radius 2 is 1.45 bits per heavy atom. The molecule has 1 aromatic heterocycles. The molecule has 0 saturated carbocycles. The van der Waals surface area contributed by atoms with Gasteiger partial charge in [-0.25, -0.2) is 4.98 Å². The van der Waals surface area contributed by atoms with Gasteiger partial charge >= 0.3 is 6.18 Å². The van der Waals surface area contributed by atoms with Gasteiger partial charge in [-0.05, 0) is 18.2 Å². The van der Waals surface area contributed by atoms with Gasteiger partial charge in [-0.3, -0.25) is 0 Å². The van der Waals surface area contributed by atoms with Crippen molar-refractivity contribution in [1.82, 2.24) is 4.98 Å². The van der Waals surface area contributed by atoms with Gasteiger partial charge in [-0.1, -0.05) is 46.4 Å². The maximum Gasteiger partial charge on any atom is 0.417 e. The molecule has 1 nitrogen and oxygen atoms in total. The molecule has 0 unspecified atom stereocenters. The van der Waals surface area contributed by atoms with Crippen LogP contribution in [0.2, 0.25) is 20.2 Å². The Balaban J connectivity index is 2.87. The number of rotatable bonds is 1. The van der Waals surface area contributed by atoms with Crippen LogP contribution in [0.3, 0.4) is 0 Å². The van der Waals surface area contributed by atoms with Crippen LogP contribution in [0.4, 0.5) is 13.2 Å². The van der Waals surface area contributed by atoms with Gasteiger partial charge in [0.1, 0.15) is 5.15 Å². The molecule has 20 heavy (non-hydrogen) atoms. The summed E-state index contributed by atoms with van der Waals surface area (Å²) >= 11 is 23.5. The fourth-order valence-corrected chi connectivity index (χ4v) is 2.64. The van der Waals surface area contributed by atoms with Crippen LogP contribution >= 0.6 is 46.4 Å². The van der Waals surface area contributed by atoms with Crippen LogP contribution in [0, 0.1) is 0 Å². The van der Waals surface area contributed by atoms with E-state index < -0.39 is 11.7 Å². The van der Waals surface area contributed by atoms with Gasteiger partial charge in [-0.2, -0.15) is 13.2 Å². The molecule has 0 spiro atoms. The highest BCUT2D eigenvalue weighted by molar-refractivity contribution is 6.46. The largest absolute Gasteiger partial charge is 0.417 e. The maximum atomic E-state index is 13.1. The first-order valence-electron chi connectivity index (χ1n) is 5.09. The van der Waals surface area contributed by atoms with Crippen LogP contribution in [0.1, 0.15) is 5.56 Å². The van der Waals surface area contributed by atoms with Crippen LogP contribution in [-0.4, -0.2) is 4.98 Å². The number of nitrogens with zero attached hydrogens (tertiary/aromatic N) is 1. The Labute approximate surface area is 132 Å². The number of hydrogen-bond acceptors (Lipinski definition) is 1. The standard InChI is InChI=1S/C12H4Cl4F3N/c13-6-1-2-7(14)10(15)9(6)8-5(12(17,18)19)3-4-20-11(8)16/h1-4H. The third kappa shape index (κ3) is 2.84. The molecule has 0 saturated heterocycles. The lowest BCUT2D eigenvalue weighted by molar-refractivity contribution is -0.137. The summed E-state index contributed by atoms with van der Waals surface area (Å²) in [6, 6.07) is 3.52. The van der Waals surface area contributed by atoms with Crippen molar-refractivity contribution in [2.45, 2.75) is 6.18 Å². The first-order chi connectivity index (χ1) is 9.23. The molecule has 0 N–H and O–H groups in total. The van der Waals surface area contributed by atoms with E-state index in [-0.39, 0.29) is 31.3 Å². The molecule has 0 atom stereocenters. The van der Waals surface area contributed by atoms with Crippen LogP contribution in [0.15, 0.2) is 24.4 Å². The van der Waals surface area contributed by atoms with Crippen molar-refractivity contribution < 1.29 is 13.2 Å². The van der Waals surface area contributed by atoms with Gasteiger partial charge in [0.25, 0.3) is 0 Å². The zero-order chi connectivity index (χ0) is 15.1. The molecule has 0 aliphatic rings. The van der Waals surface area contributed by atoms with E-state index in [4.69, 9.17) is 46.4 Å². The number of aromatic nitrogens is 1. The van der Waals surface area contributed by atoms with Crippen molar-refractivity contribution in [2.24, 2.45) is 0 Å². The molecule has 106 valence electrons. The van der Waals surface area contributed by atoms with Crippen LogP contribution in [0.5, 0.6) is 0 Å². The minimum absolute atomic E-state index is 0.000185. The van der Waals surface area contributed by atoms with Crippen molar-refractivity contribution >= 4 is 46.4 Å². The molecular weight excluding hydrogens is 357 g/mol. The molecule has 0 aliphatic heterocycles. The van der Waals surface area contributed by atoms with Crippen molar-refractivity contribution in [3.8, 4) is 11.1 Å². The Morgan fingerprint density at radius 3 is 2.05 bits per heavy atom. The summed E-state index contributed by atoms with van der Waals surface area (Å²) in [5.74, 6) is 0. The van der Waals surface area contributed by atoms with Crippen LogP contribution < -0.4 is 0 Å². The zero-order valence-corrected chi connectivity index (χ0v) is 12.4. The quantitative estimate of drug-likeness (QED) is 0.424. The number of halogens is 7. The Kier molecular flexibility index (Phi) is 4.40. The van der Waals surface area contributed by atoms with Gasteiger partial charge in [0.2, 0.25) is 0 Å². The molecule has 0 bridgehead atoms. The van der Waals surface area contributed by atoms with Gasteiger partial charge in [-0.15, -0.1) is 0 Å². The monoisotopic (exact) mass is 359 g/mol. The zero-order valence-electron chi connectivity index (χ0n) is 9.40. The van der Waals surface area contributed by atoms with E-state index in [1.54, 1.807) is 0 Å². The fraction of sp³-hybridized carbons (Fsp3) is 0.0833. The van der Waals surface area contributed by atoms with Gasteiger partial charge in [0.05, 0.1) is 20.6 Å². The third-order valence-corrected chi connectivity index (χ3v) is 3.91. The van der Waals surface area contributed by atoms with E-state index in [2.05, 4.69) is 4.98 Å². The van der Waals surface area contributed by atoms with Crippen molar-refractivity contribution in [3.63, 3.8) is 0 Å². The molecule has 0 aliphatic carbocycles. The van der Waals surface area contributed by atoms with Crippen LogP contribution in [-0.2, 0) is 6.18 Å². The average Bonchev–Trinajstić information content (AvgIpc) is 2.35. The highest BCUT2D eigenvalue weighted by Crippen LogP contribution is 2.46. The first kappa shape index (κ1) is 15.7. The van der Waals surface area contributed by atoms with Gasteiger partial charge < -0.3 is 0 Å². The Bertz CT molecular complexity index is 670. The highest BCUT2D eigenvalue weighted by atomic mass is 35.5. The minimum Gasteiger partial charge on any atom is -0.244 e. The van der Waals surface area contributed by atoms with Crippen molar-refractivity contribution in [2.75, 3.05) is 0 Å². The number of benzene rings is 1. The topological polar surface area (TPSA) is 12.9 Å². The molecule has 8 heteroatoms. The van der Waals surface area contributed by atoms with Crippen molar-refractivity contribution in [1.29, 1.82) is 0 Å². The number of pyridine rings is 1. The summed E-state index contributed by atoms with van der Waals surface area (Å²) < 4.78 is 39.2. The van der Waals surface area contributed by atoms with E-state index >= 15 is 0 Å². The van der Waals surface area contributed by atoms with E-state index in [0.717, 1.165) is 12.3 Å². The molecule has 0 amide bonds. The maximum absolute atomic E-state index is 13.1. The second-order valence-electron chi connectivity index (χ2n) is 3.74. The van der Waals surface area contributed by atoms with Crippen molar-refractivity contribution in [3.05, 3.63) is 50.2 Å². The second-order valence-corrected chi connectivity index (χ2v) is 5.29.